The van der Waals surface area contributed by atoms with Gasteiger partial charge in [-0.25, -0.2) is 14.3 Å². The van der Waals surface area contributed by atoms with Crippen LogP contribution in [-0.2, 0) is 16.2 Å². The van der Waals surface area contributed by atoms with Crippen molar-refractivity contribution in [2.24, 2.45) is 0 Å². The van der Waals surface area contributed by atoms with Crippen LogP contribution in [0.3, 0.4) is 0 Å². The molecule has 36 heavy (non-hydrogen) atoms. The lowest BCUT2D eigenvalue weighted by atomic mass is 10.1. The Morgan fingerprint density at radius 1 is 1.08 bits per heavy atom. The molecule has 0 atom stereocenters. The number of ether oxygens (including phenoxy) is 3. The van der Waals surface area contributed by atoms with Gasteiger partial charge < -0.3 is 18.8 Å². The van der Waals surface area contributed by atoms with Crippen LogP contribution in [0.1, 0.15) is 20.8 Å². The molecule has 0 unspecified atom stereocenters. The average molecular weight is 529 g/mol. The van der Waals surface area contributed by atoms with Crippen molar-refractivity contribution in [2.75, 3.05) is 13.7 Å². The summed E-state index contributed by atoms with van der Waals surface area (Å²) in [7, 11) is 0.367. The van der Waals surface area contributed by atoms with Crippen LogP contribution in [0.2, 0.25) is 30.8 Å². The molecule has 0 spiro atoms. The van der Waals surface area contributed by atoms with Gasteiger partial charge in [0.1, 0.15) is 23.1 Å². The molecule has 0 aliphatic carbocycles. The predicted molar refractivity (Wildman–Crippen MR) is 146 cm³/mol. The zero-order valence-electron chi connectivity index (χ0n) is 21.9. The van der Waals surface area contributed by atoms with Gasteiger partial charge in [-0.2, -0.15) is 4.98 Å². The first kappa shape index (κ1) is 26.2. The second-order valence-electron chi connectivity index (χ2n) is 11.0. The Bertz CT molecular complexity index is 1420. The molecule has 0 bridgehead atoms. The number of hydrogen-bond acceptors (Lipinski definition) is 6. The quantitative estimate of drug-likeness (QED) is 0.149. The molecule has 10 heteroatoms. The van der Waals surface area contributed by atoms with E-state index in [9.17, 15) is 4.79 Å². The molecule has 8 nitrogen and oxygen atoms in total. The maximum atomic E-state index is 12.7. The highest BCUT2D eigenvalue weighted by molar-refractivity contribution is 6.76. The van der Waals surface area contributed by atoms with Crippen molar-refractivity contribution in [3.8, 4) is 17.0 Å². The van der Waals surface area contributed by atoms with Gasteiger partial charge in [0.2, 0.25) is 5.88 Å². The molecule has 0 N–H and O–H groups in total. The highest BCUT2D eigenvalue weighted by atomic mass is 35.5. The molecule has 0 aromatic carbocycles. The third-order valence-electron chi connectivity index (χ3n) is 5.62. The van der Waals surface area contributed by atoms with Gasteiger partial charge in [-0.1, -0.05) is 31.2 Å². The van der Waals surface area contributed by atoms with Crippen molar-refractivity contribution in [3.05, 3.63) is 41.8 Å². The zero-order valence-corrected chi connectivity index (χ0v) is 23.6. The fraction of sp³-hybridized carbons (Fsp3) is 0.423. The number of methoxy groups -OCH3 is 1. The summed E-state index contributed by atoms with van der Waals surface area (Å²) in [6, 6.07) is 8.58. The van der Waals surface area contributed by atoms with Crippen molar-refractivity contribution >= 4 is 47.8 Å². The Kier molecular flexibility index (Phi) is 7.18. The first-order chi connectivity index (χ1) is 16.9. The largest absolute Gasteiger partial charge is 0.480 e. The van der Waals surface area contributed by atoms with E-state index in [2.05, 4.69) is 29.6 Å². The third kappa shape index (κ3) is 5.74. The molecule has 4 heterocycles. The SMILES string of the molecule is COc1nc2c(ccn2C(=O)OC(C)(C)C)cc1-c1cn(COCC[Si](C)(C)C)c2nc(Cl)ccc12. The van der Waals surface area contributed by atoms with Gasteiger partial charge in [-0.15, -0.1) is 0 Å². The summed E-state index contributed by atoms with van der Waals surface area (Å²) < 4.78 is 20.5. The Morgan fingerprint density at radius 3 is 2.50 bits per heavy atom. The number of rotatable bonds is 7. The van der Waals surface area contributed by atoms with Crippen LogP contribution < -0.4 is 4.74 Å². The molecule has 0 saturated heterocycles. The summed E-state index contributed by atoms with van der Waals surface area (Å²) in [5, 5.41) is 2.09. The minimum absolute atomic E-state index is 0.362. The molecule has 0 amide bonds. The van der Waals surface area contributed by atoms with Crippen molar-refractivity contribution in [1.29, 1.82) is 0 Å². The average Bonchev–Trinajstić information content (AvgIpc) is 3.34. The molecule has 4 aromatic heterocycles. The van der Waals surface area contributed by atoms with Crippen LogP contribution in [0.5, 0.6) is 5.88 Å². The fourth-order valence-electron chi connectivity index (χ4n) is 3.85. The van der Waals surface area contributed by atoms with E-state index in [-0.39, 0.29) is 0 Å². The first-order valence-corrected chi connectivity index (χ1v) is 16.0. The van der Waals surface area contributed by atoms with E-state index in [0.29, 0.717) is 30.0 Å². The molecular weight excluding hydrogens is 496 g/mol. The van der Waals surface area contributed by atoms with Crippen molar-refractivity contribution < 1.29 is 19.0 Å². The number of carbonyl (C=O) groups excluding carboxylic acids is 1. The monoisotopic (exact) mass is 528 g/mol. The summed E-state index contributed by atoms with van der Waals surface area (Å²) >= 11 is 6.24. The number of hydrogen-bond donors (Lipinski definition) is 0. The Morgan fingerprint density at radius 2 is 1.83 bits per heavy atom. The van der Waals surface area contributed by atoms with Gasteiger partial charge in [-0.05, 0) is 51.1 Å². The molecule has 0 fully saturated rings. The van der Waals surface area contributed by atoms with Crippen LogP contribution in [-0.4, -0.2) is 52.6 Å². The Labute approximate surface area is 217 Å². The van der Waals surface area contributed by atoms with Gasteiger partial charge in [0.05, 0.1) is 7.11 Å². The minimum atomic E-state index is -1.19. The van der Waals surface area contributed by atoms with E-state index in [1.54, 1.807) is 19.4 Å². The predicted octanol–water partition coefficient (Wildman–Crippen LogP) is 6.81. The third-order valence-corrected chi connectivity index (χ3v) is 7.53. The second-order valence-corrected chi connectivity index (χ2v) is 17.0. The first-order valence-electron chi connectivity index (χ1n) is 11.9. The molecule has 0 radical (unpaired) electrons. The Hall–Kier alpha value is -2.88. The molecule has 0 aliphatic rings. The lowest BCUT2D eigenvalue weighted by Crippen LogP contribution is -2.26. The molecule has 4 aromatic rings. The maximum absolute atomic E-state index is 12.7. The molecule has 4 rings (SSSR count). The molecule has 0 saturated carbocycles. The van der Waals surface area contributed by atoms with Gasteiger partial charge in [-0.3, -0.25) is 0 Å². The standard InChI is InChI=1S/C26H33ClN4O4Si/c1-26(2,3)35-25(32)31-11-10-17-14-19(24(33-4)29-22(17)31)20-15-30(16-34-12-13-36(5,6)7)23-18(20)8-9-21(27)28-23/h8-11,14-15H,12-13,16H2,1-7H3. The lowest BCUT2D eigenvalue weighted by molar-refractivity contribution is 0.0543. The van der Waals surface area contributed by atoms with Gasteiger partial charge in [0.25, 0.3) is 0 Å². The highest BCUT2D eigenvalue weighted by Gasteiger charge is 2.23. The second kappa shape index (κ2) is 9.88. The summed E-state index contributed by atoms with van der Waals surface area (Å²) in [6.07, 6.45) is 3.15. The van der Waals surface area contributed by atoms with Gasteiger partial charge in [0.15, 0.2) is 5.65 Å². The van der Waals surface area contributed by atoms with Crippen molar-refractivity contribution in [1.82, 2.24) is 19.1 Å². The number of halogens is 1. The van der Waals surface area contributed by atoms with E-state index in [0.717, 1.165) is 33.6 Å². The number of pyridine rings is 2. The van der Waals surface area contributed by atoms with Crippen LogP contribution in [0, 0.1) is 0 Å². The lowest BCUT2D eigenvalue weighted by Gasteiger charge is -2.19. The number of nitrogens with zero attached hydrogens (tertiary/aromatic N) is 4. The van der Waals surface area contributed by atoms with Crippen molar-refractivity contribution in [3.63, 3.8) is 0 Å². The van der Waals surface area contributed by atoms with Crippen LogP contribution in [0.15, 0.2) is 36.7 Å². The molecule has 192 valence electrons. The van der Waals surface area contributed by atoms with E-state index >= 15 is 0 Å². The van der Waals surface area contributed by atoms with E-state index < -0.39 is 19.8 Å². The van der Waals surface area contributed by atoms with Crippen LogP contribution >= 0.6 is 11.6 Å². The van der Waals surface area contributed by atoms with Crippen LogP contribution in [0.25, 0.3) is 33.2 Å². The summed E-state index contributed by atoms with van der Waals surface area (Å²) in [4.78, 5) is 21.9. The fourth-order valence-corrected chi connectivity index (χ4v) is 4.75. The van der Waals surface area contributed by atoms with E-state index in [1.807, 2.05) is 49.7 Å². The molecular formula is C26H33ClN4O4Si. The van der Waals surface area contributed by atoms with Gasteiger partial charge >= 0.3 is 6.09 Å². The smallest absolute Gasteiger partial charge is 0.420 e. The van der Waals surface area contributed by atoms with Crippen molar-refractivity contribution in [2.45, 2.75) is 58.8 Å². The maximum Gasteiger partial charge on any atom is 0.420 e. The summed E-state index contributed by atoms with van der Waals surface area (Å²) in [5.41, 5.74) is 2.23. The number of carbonyl (C=O) groups is 1. The highest BCUT2D eigenvalue weighted by Crippen LogP contribution is 2.37. The minimum Gasteiger partial charge on any atom is -0.480 e. The Balaban J connectivity index is 1.75. The van der Waals surface area contributed by atoms with Gasteiger partial charge in [0, 0.05) is 49.0 Å². The zero-order chi connectivity index (χ0) is 26.3. The summed E-state index contributed by atoms with van der Waals surface area (Å²) in [6.45, 7) is 13.5. The number of aromatic nitrogens is 4. The normalized spacial score (nSPS) is 12.4. The van der Waals surface area contributed by atoms with E-state index in [4.69, 9.17) is 25.8 Å². The van der Waals surface area contributed by atoms with E-state index in [1.165, 1.54) is 4.57 Å². The molecule has 0 aliphatic heterocycles. The van der Waals surface area contributed by atoms with Crippen LogP contribution in [0.4, 0.5) is 4.79 Å². The summed E-state index contributed by atoms with van der Waals surface area (Å²) in [5.74, 6) is 0.389. The topological polar surface area (TPSA) is 80.4 Å². The number of fused-ring (bicyclic) bond motifs is 2.